The van der Waals surface area contributed by atoms with Crippen molar-refractivity contribution in [3.63, 3.8) is 0 Å². The van der Waals surface area contributed by atoms with Crippen LogP contribution in [0.15, 0.2) is 54.7 Å². The van der Waals surface area contributed by atoms with Gasteiger partial charge in [-0.2, -0.15) is 0 Å². The molecular formula is C24H24N2Si. The number of nitrogens with zero attached hydrogens (tertiary/aromatic N) is 2. The summed E-state index contributed by atoms with van der Waals surface area (Å²) < 4.78 is 0. The normalized spacial score (nSPS) is 15.1. The Morgan fingerprint density at radius 2 is 1.56 bits per heavy atom. The largest absolute Gasteiger partial charge is 0.257 e. The van der Waals surface area contributed by atoms with Crippen molar-refractivity contribution in [3.8, 4) is 11.3 Å². The second-order valence-electron chi connectivity index (χ2n) is 9.23. The highest BCUT2D eigenvalue weighted by atomic mass is 28.3. The average molecular weight is 369 g/mol. The van der Waals surface area contributed by atoms with Gasteiger partial charge in [0.2, 0.25) is 0 Å². The number of hydrogen-bond acceptors (Lipinski definition) is 2. The molecule has 0 saturated heterocycles. The third-order valence-corrected chi connectivity index (χ3v) is 7.77. The fourth-order valence-corrected chi connectivity index (χ4v) is 5.39. The lowest BCUT2D eigenvalue weighted by Gasteiger charge is -2.35. The quantitative estimate of drug-likeness (QED) is 0.407. The van der Waals surface area contributed by atoms with Crippen molar-refractivity contribution in [2.75, 3.05) is 0 Å². The first kappa shape index (κ1) is 16.6. The van der Waals surface area contributed by atoms with Gasteiger partial charge in [-0.25, -0.2) is 0 Å². The summed E-state index contributed by atoms with van der Waals surface area (Å²) in [5.74, 6) is 0. The van der Waals surface area contributed by atoms with E-state index in [2.05, 4.69) is 82.0 Å². The topological polar surface area (TPSA) is 25.8 Å². The fraction of sp³-hybridized carbons (Fsp3) is 0.250. The molecule has 4 aromatic rings. The number of benzene rings is 2. The minimum absolute atomic E-state index is 0.0784. The average Bonchev–Trinajstić information content (AvgIpc) is 2.64. The van der Waals surface area contributed by atoms with Crippen LogP contribution in [0.5, 0.6) is 0 Å². The number of hydrogen-bond donors (Lipinski definition) is 0. The maximum atomic E-state index is 5.07. The van der Waals surface area contributed by atoms with Gasteiger partial charge in [0.25, 0.3) is 0 Å². The molecule has 0 N–H and O–H groups in total. The number of aromatic nitrogens is 2. The van der Waals surface area contributed by atoms with Gasteiger partial charge in [-0.15, -0.1) is 0 Å². The summed E-state index contributed by atoms with van der Waals surface area (Å²) in [6, 6.07) is 17.7. The minimum atomic E-state index is -1.52. The van der Waals surface area contributed by atoms with Crippen LogP contribution in [0, 0.1) is 0 Å². The molecule has 1 aliphatic carbocycles. The monoisotopic (exact) mass is 368 g/mol. The van der Waals surface area contributed by atoms with Crippen LogP contribution in [-0.4, -0.2) is 18.0 Å². The molecule has 2 nitrogen and oxygen atoms in total. The molecule has 2 aromatic carbocycles. The van der Waals surface area contributed by atoms with Crippen LogP contribution in [0.4, 0.5) is 0 Å². The van der Waals surface area contributed by atoms with E-state index in [9.17, 15) is 0 Å². The van der Waals surface area contributed by atoms with Crippen molar-refractivity contribution >= 4 is 35.1 Å². The van der Waals surface area contributed by atoms with Crippen molar-refractivity contribution in [3.05, 3.63) is 65.9 Å². The van der Waals surface area contributed by atoms with Crippen molar-refractivity contribution in [2.24, 2.45) is 0 Å². The van der Waals surface area contributed by atoms with Gasteiger partial charge in [0, 0.05) is 27.9 Å². The molecule has 2 heterocycles. The Hall–Kier alpha value is -2.52. The van der Waals surface area contributed by atoms with E-state index in [0.717, 1.165) is 11.2 Å². The first-order valence-electron chi connectivity index (χ1n) is 9.61. The van der Waals surface area contributed by atoms with Crippen molar-refractivity contribution in [1.29, 1.82) is 0 Å². The molecule has 0 aliphatic heterocycles. The second kappa shape index (κ2) is 5.26. The van der Waals surface area contributed by atoms with Gasteiger partial charge in [-0.05, 0) is 46.2 Å². The van der Waals surface area contributed by atoms with Gasteiger partial charge in [0.1, 0.15) is 8.07 Å². The van der Waals surface area contributed by atoms with Crippen molar-refractivity contribution < 1.29 is 0 Å². The van der Waals surface area contributed by atoms with E-state index in [1.807, 2.05) is 6.20 Å². The summed E-state index contributed by atoms with van der Waals surface area (Å²) in [6.45, 7) is 11.8. The van der Waals surface area contributed by atoms with E-state index in [-0.39, 0.29) is 5.41 Å². The van der Waals surface area contributed by atoms with Gasteiger partial charge in [-0.1, -0.05) is 57.8 Å². The van der Waals surface area contributed by atoms with E-state index in [1.54, 1.807) is 0 Å². The highest BCUT2D eigenvalue weighted by Crippen LogP contribution is 2.48. The SMILES string of the molecule is CC1(C)c2cc3ccccc3cc2-c2nccc3nc([Si](C)(C)C)cc1c23. The van der Waals surface area contributed by atoms with Crippen LogP contribution in [0.1, 0.15) is 25.0 Å². The van der Waals surface area contributed by atoms with E-state index in [0.29, 0.717) is 0 Å². The lowest BCUT2D eigenvalue weighted by Crippen LogP contribution is -2.41. The van der Waals surface area contributed by atoms with E-state index < -0.39 is 8.07 Å². The van der Waals surface area contributed by atoms with Gasteiger partial charge in [-0.3, -0.25) is 9.97 Å². The smallest absolute Gasteiger partial charge is 0.101 e. The van der Waals surface area contributed by atoms with E-state index in [1.165, 1.54) is 38.2 Å². The summed E-state index contributed by atoms with van der Waals surface area (Å²) in [7, 11) is -1.52. The summed E-state index contributed by atoms with van der Waals surface area (Å²) in [4.78, 5) is 9.89. The van der Waals surface area contributed by atoms with Gasteiger partial charge in [0.15, 0.2) is 0 Å². The molecular weight excluding hydrogens is 344 g/mol. The van der Waals surface area contributed by atoms with Crippen LogP contribution in [-0.2, 0) is 5.41 Å². The molecule has 27 heavy (non-hydrogen) atoms. The zero-order valence-corrected chi connectivity index (χ0v) is 17.6. The van der Waals surface area contributed by atoms with Crippen LogP contribution >= 0.6 is 0 Å². The maximum absolute atomic E-state index is 5.07. The highest BCUT2D eigenvalue weighted by molar-refractivity contribution is 6.88. The Bertz CT molecular complexity index is 1230. The fourth-order valence-electron chi connectivity index (χ4n) is 4.36. The molecule has 0 saturated carbocycles. The summed E-state index contributed by atoms with van der Waals surface area (Å²) in [5.41, 5.74) is 6.07. The summed E-state index contributed by atoms with van der Waals surface area (Å²) in [5, 5.41) is 5.06. The van der Waals surface area contributed by atoms with E-state index in [4.69, 9.17) is 9.97 Å². The first-order chi connectivity index (χ1) is 12.8. The van der Waals surface area contributed by atoms with Crippen LogP contribution in [0.2, 0.25) is 19.6 Å². The molecule has 0 bridgehead atoms. The second-order valence-corrected chi connectivity index (χ2v) is 14.2. The molecule has 134 valence electrons. The van der Waals surface area contributed by atoms with Crippen LogP contribution in [0.3, 0.4) is 0 Å². The predicted octanol–water partition coefficient (Wildman–Crippen LogP) is 5.63. The molecule has 0 radical (unpaired) electrons. The molecule has 2 aromatic heterocycles. The molecule has 5 rings (SSSR count). The Balaban J connectivity index is 1.96. The lowest BCUT2D eigenvalue weighted by molar-refractivity contribution is 0.645. The molecule has 0 amide bonds. The molecule has 0 fully saturated rings. The molecule has 3 heteroatoms. The zero-order chi connectivity index (χ0) is 19.0. The minimum Gasteiger partial charge on any atom is -0.257 e. The van der Waals surface area contributed by atoms with Gasteiger partial charge < -0.3 is 0 Å². The van der Waals surface area contributed by atoms with Crippen molar-refractivity contribution in [2.45, 2.75) is 38.9 Å². The first-order valence-corrected chi connectivity index (χ1v) is 13.1. The standard InChI is InChI=1S/C24H24N2Si/c1-24(2)18-13-16-9-7-6-8-15(16)12-17(18)23-22-19(24)14-21(27(3,4)5)26-20(22)10-11-25-23/h6-14H,1-5H3. The molecule has 0 atom stereocenters. The Morgan fingerprint density at radius 1 is 0.852 bits per heavy atom. The number of pyridine rings is 2. The van der Waals surface area contributed by atoms with Gasteiger partial charge >= 0.3 is 0 Å². The zero-order valence-electron chi connectivity index (χ0n) is 16.6. The Morgan fingerprint density at radius 3 is 2.26 bits per heavy atom. The number of rotatable bonds is 1. The Kier molecular flexibility index (Phi) is 3.24. The third-order valence-electron chi connectivity index (χ3n) is 5.98. The summed E-state index contributed by atoms with van der Waals surface area (Å²) >= 11 is 0. The summed E-state index contributed by atoms with van der Waals surface area (Å²) in [6.07, 6.45) is 1.92. The number of fused-ring (bicyclic) bond motifs is 3. The molecule has 1 aliphatic rings. The third kappa shape index (κ3) is 2.31. The Labute approximate surface area is 161 Å². The highest BCUT2D eigenvalue weighted by Gasteiger charge is 2.36. The molecule has 0 spiro atoms. The van der Waals surface area contributed by atoms with Gasteiger partial charge in [0.05, 0.1) is 11.2 Å². The predicted molar refractivity (Wildman–Crippen MR) is 118 cm³/mol. The maximum Gasteiger partial charge on any atom is 0.101 e. The lowest BCUT2D eigenvalue weighted by atomic mass is 9.70. The van der Waals surface area contributed by atoms with E-state index >= 15 is 0 Å². The molecule has 0 unspecified atom stereocenters. The van der Waals surface area contributed by atoms with Crippen LogP contribution in [0.25, 0.3) is 32.9 Å². The van der Waals surface area contributed by atoms with Crippen molar-refractivity contribution in [1.82, 2.24) is 9.97 Å². The van der Waals surface area contributed by atoms with Crippen LogP contribution < -0.4 is 5.32 Å².